The maximum absolute atomic E-state index is 5.53. The predicted octanol–water partition coefficient (Wildman–Crippen LogP) is 3.99. The van der Waals surface area contributed by atoms with E-state index in [1.54, 1.807) is 7.11 Å². The normalized spacial score (nSPS) is 20.1. The molecule has 118 valence electrons. The number of methoxy groups -OCH3 is 1. The molecule has 0 aliphatic carbocycles. The van der Waals surface area contributed by atoms with Crippen LogP contribution in [0, 0.1) is 13.8 Å². The average molecular weight is 290 g/mol. The van der Waals surface area contributed by atoms with E-state index < -0.39 is 0 Å². The van der Waals surface area contributed by atoms with Gasteiger partial charge in [-0.15, -0.1) is 0 Å². The van der Waals surface area contributed by atoms with Gasteiger partial charge in [0.1, 0.15) is 5.75 Å². The molecule has 3 heteroatoms. The van der Waals surface area contributed by atoms with Crippen LogP contribution >= 0.6 is 0 Å². The van der Waals surface area contributed by atoms with E-state index in [9.17, 15) is 0 Å². The lowest BCUT2D eigenvalue weighted by molar-refractivity contribution is 0.285. The molecule has 1 fully saturated rings. The van der Waals surface area contributed by atoms with Crippen molar-refractivity contribution >= 4 is 5.69 Å². The smallest absolute Gasteiger partial charge is 0.126 e. The molecular weight excluding hydrogens is 260 g/mol. The summed E-state index contributed by atoms with van der Waals surface area (Å²) in [6, 6.07) is 4.92. The van der Waals surface area contributed by atoms with Gasteiger partial charge in [0.15, 0.2) is 0 Å². The van der Waals surface area contributed by atoms with Gasteiger partial charge in [0, 0.05) is 23.8 Å². The molecule has 1 aliphatic rings. The number of ether oxygens (including phenoxy) is 1. The first-order chi connectivity index (χ1) is 10.2. The third kappa shape index (κ3) is 4.13. The minimum absolute atomic E-state index is 0.581. The standard InChI is InChI=1S/C18H30N2O/c1-5-11-20-12-6-7-16(10-13-20)19-17-9-8-14(2)18(21-4)15(17)3/h8-9,16,19H,5-7,10-13H2,1-4H3. The van der Waals surface area contributed by atoms with Crippen LogP contribution in [0.1, 0.15) is 43.7 Å². The van der Waals surface area contributed by atoms with Gasteiger partial charge < -0.3 is 15.0 Å². The Morgan fingerprint density at radius 1 is 1.24 bits per heavy atom. The molecule has 1 aromatic carbocycles. The molecule has 1 aromatic rings. The number of anilines is 1. The summed E-state index contributed by atoms with van der Waals surface area (Å²) in [5, 5.41) is 3.75. The van der Waals surface area contributed by atoms with Crippen LogP contribution in [0.25, 0.3) is 0 Å². The van der Waals surface area contributed by atoms with E-state index in [1.165, 1.54) is 62.1 Å². The second kappa shape index (κ2) is 7.69. The summed E-state index contributed by atoms with van der Waals surface area (Å²) in [5.41, 5.74) is 3.66. The molecule has 3 nitrogen and oxygen atoms in total. The second-order valence-electron chi connectivity index (χ2n) is 6.20. The maximum Gasteiger partial charge on any atom is 0.126 e. The van der Waals surface area contributed by atoms with Crippen LogP contribution in [0.4, 0.5) is 5.69 Å². The summed E-state index contributed by atoms with van der Waals surface area (Å²) in [4.78, 5) is 2.60. The lowest BCUT2D eigenvalue weighted by atomic mass is 10.1. The van der Waals surface area contributed by atoms with Crippen LogP contribution in [0.15, 0.2) is 12.1 Å². The van der Waals surface area contributed by atoms with Gasteiger partial charge in [0.05, 0.1) is 7.11 Å². The molecule has 1 N–H and O–H groups in total. The van der Waals surface area contributed by atoms with E-state index in [2.05, 4.69) is 43.1 Å². The highest BCUT2D eigenvalue weighted by Crippen LogP contribution is 2.30. The Hall–Kier alpha value is -1.22. The highest BCUT2D eigenvalue weighted by molar-refractivity contribution is 5.60. The van der Waals surface area contributed by atoms with Crippen LogP contribution in [0.3, 0.4) is 0 Å². The van der Waals surface area contributed by atoms with Gasteiger partial charge in [-0.1, -0.05) is 13.0 Å². The molecular formula is C18H30N2O. The summed E-state index contributed by atoms with van der Waals surface area (Å²) in [7, 11) is 1.76. The fourth-order valence-corrected chi connectivity index (χ4v) is 3.36. The second-order valence-corrected chi connectivity index (χ2v) is 6.20. The number of nitrogens with zero attached hydrogens (tertiary/aromatic N) is 1. The van der Waals surface area contributed by atoms with Gasteiger partial charge in [-0.05, 0) is 64.3 Å². The number of rotatable bonds is 5. The number of benzene rings is 1. The number of hydrogen-bond acceptors (Lipinski definition) is 3. The van der Waals surface area contributed by atoms with Crippen molar-refractivity contribution in [2.75, 3.05) is 32.1 Å². The Morgan fingerprint density at radius 2 is 2.05 bits per heavy atom. The van der Waals surface area contributed by atoms with Crippen molar-refractivity contribution in [1.82, 2.24) is 4.90 Å². The van der Waals surface area contributed by atoms with E-state index in [-0.39, 0.29) is 0 Å². The van der Waals surface area contributed by atoms with Gasteiger partial charge in [0.2, 0.25) is 0 Å². The predicted molar refractivity (Wildman–Crippen MR) is 90.5 cm³/mol. The van der Waals surface area contributed by atoms with Crippen molar-refractivity contribution in [3.05, 3.63) is 23.3 Å². The van der Waals surface area contributed by atoms with Crippen molar-refractivity contribution in [2.45, 2.75) is 52.5 Å². The molecule has 1 saturated heterocycles. The third-order valence-corrected chi connectivity index (χ3v) is 4.53. The first kappa shape index (κ1) is 16.2. The lowest BCUT2D eigenvalue weighted by Gasteiger charge is -2.22. The lowest BCUT2D eigenvalue weighted by Crippen LogP contribution is -2.27. The quantitative estimate of drug-likeness (QED) is 0.887. The van der Waals surface area contributed by atoms with E-state index in [0.29, 0.717) is 6.04 Å². The van der Waals surface area contributed by atoms with Crippen LogP contribution in [0.5, 0.6) is 5.75 Å². The summed E-state index contributed by atoms with van der Waals surface area (Å²) in [6.45, 7) is 10.2. The summed E-state index contributed by atoms with van der Waals surface area (Å²) < 4.78 is 5.53. The molecule has 1 heterocycles. The molecule has 21 heavy (non-hydrogen) atoms. The highest BCUT2D eigenvalue weighted by Gasteiger charge is 2.17. The Labute approximate surface area is 129 Å². The van der Waals surface area contributed by atoms with Gasteiger partial charge in [0.25, 0.3) is 0 Å². The molecule has 0 spiro atoms. The summed E-state index contributed by atoms with van der Waals surface area (Å²) >= 11 is 0. The van der Waals surface area contributed by atoms with Gasteiger partial charge in [-0.3, -0.25) is 0 Å². The number of hydrogen-bond donors (Lipinski definition) is 1. The fraction of sp³-hybridized carbons (Fsp3) is 0.667. The molecule has 0 aromatic heterocycles. The van der Waals surface area contributed by atoms with Crippen molar-refractivity contribution < 1.29 is 4.74 Å². The average Bonchev–Trinajstić information content (AvgIpc) is 2.69. The summed E-state index contributed by atoms with van der Waals surface area (Å²) in [6.07, 6.45) is 5.04. The number of nitrogens with one attached hydrogen (secondary N) is 1. The van der Waals surface area contributed by atoms with Crippen LogP contribution in [-0.4, -0.2) is 37.7 Å². The van der Waals surface area contributed by atoms with Crippen LogP contribution < -0.4 is 10.1 Å². The van der Waals surface area contributed by atoms with Gasteiger partial charge >= 0.3 is 0 Å². The van der Waals surface area contributed by atoms with Crippen LogP contribution in [0.2, 0.25) is 0 Å². The topological polar surface area (TPSA) is 24.5 Å². The van der Waals surface area contributed by atoms with E-state index in [4.69, 9.17) is 4.74 Å². The third-order valence-electron chi connectivity index (χ3n) is 4.53. The Kier molecular flexibility index (Phi) is 5.92. The molecule has 1 unspecified atom stereocenters. The molecule has 1 atom stereocenters. The van der Waals surface area contributed by atoms with Crippen molar-refractivity contribution in [3.63, 3.8) is 0 Å². The molecule has 0 amide bonds. The number of likely N-dealkylation sites (tertiary alicyclic amines) is 1. The zero-order valence-corrected chi connectivity index (χ0v) is 14.0. The largest absolute Gasteiger partial charge is 0.496 e. The minimum Gasteiger partial charge on any atom is -0.496 e. The maximum atomic E-state index is 5.53. The first-order valence-electron chi connectivity index (χ1n) is 8.28. The first-order valence-corrected chi connectivity index (χ1v) is 8.28. The van der Waals surface area contributed by atoms with Crippen molar-refractivity contribution in [1.29, 1.82) is 0 Å². The van der Waals surface area contributed by atoms with E-state index in [0.717, 1.165) is 5.75 Å². The van der Waals surface area contributed by atoms with Crippen LogP contribution in [-0.2, 0) is 0 Å². The fourth-order valence-electron chi connectivity index (χ4n) is 3.36. The Balaban J connectivity index is 2.02. The van der Waals surface area contributed by atoms with E-state index >= 15 is 0 Å². The van der Waals surface area contributed by atoms with E-state index in [1.807, 2.05) is 0 Å². The van der Waals surface area contributed by atoms with Gasteiger partial charge in [-0.2, -0.15) is 0 Å². The van der Waals surface area contributed by atoms with Crippen molar-refractivity contribution in [3.8, 4) is 5.75 Å². The molecule has 0 radical (unpaired) electrons. The molecule has 1 aliphatic heterocycles. The minimum atomic E-state index is 0.581. The molecule has 2 rings (SSSR count). The molecule has 0 bridgehead atoms. The number of aryl methyl sites for hydroxylation is 1. The van der Waals surface area contributed by atoms with Crippen molar-refractivity contribution in [2.24, 2.45) is 0 Å². The Bertz CT molecular complexity index is 459. The zero-order chi connectivity index (χ0) is 15.2. The molecule has 0 saturated carbocycles. The SMILES string of the molecule is CCCN1CCCC(Nc2ccc(C)c(OC)c2C)CC1. The monoisotopic (exact) mass is 290 g/mol. The Morgan fingerprint density at radius 3 is 2.76 bits per heavy atom. The van der Waals surface area contributed by atoms with Gasteiger partial charge in [-0.25, -0.2) is 0 Å². The zero-order valence-electron chi connectivity index (χ0n) is 14.0. The highest BCUT2D eigenvalue weighted by atomic mass is 16.5. The summed E-state index contributed by atoms with van der Waals surface area (Å²) in [5.74, 6) is 1.02.